The van der Waals surface area contributed by atoms with Gasteiger partial charge in [0.2, 0.25) is 0 Å². The molecule has 2 aliphatic rings. The van der Waals surface area contributed by atoms with Crippen molar-refractivity contribution in [2.24, 2.45) is 5.92 Å². The molecule has 3 nitrogen and oxygen atoms in total. The van der Waals surface area contributed by atoms with Gasteiger partial charge in [0.05, 0.1) is 0 Å². The van der Waals surface area contributed by atoms with Gasteiger partial charge in [-0.15, -0.1) is 0 Å². The van der Waals surface area contributed by atoms with Crippen molar-refractivity contribution in [1.29, 1.82) is 0 Å². The first-order valence-corrected chi connectivity index (χ1v) is 8.33. The van der Waals surface area contributed by atoms with Crippen molar-refractivity contribution in [1.82, 2.24) is 9.80 Å². The second-order valence-corrected chi connectivity index (χ2v) is 6.68. The van der Waals surface area contributed by atoms with Crippen molar-refractivity contribution in [2.45, 2.75) is 39.2 Å². The molecule has 3 rings (SSSR count). The molecule has 0 N–H and O–H groups in total. The highest BCUT2D eigenvalue weighted by molar-refractivity contribution is 5.94. The molecule has 3 heteroatoms. The zero-order valence-corrected chi connectivity index (χ0v) is 13.1. The predicted molar refractivity (Wildman–Crippen MR) is 85.3 cm³/mol. The molecular formula is C18H26N2O. The normalized spacial score (nSPS) is 23.5. The number of rotatable bonds is 3. The maximum Gasteiger partial charge on any atom is 0.253 e. The fraction of sp³-hybridized carbons (Fsp3) is 0.611. The number of piperidine rings is 1. The van der Waals surface area contributed by atoms with E-state index in [4.69, 9.17) is 0 Å². The van der Waals surface area contributed by atoms with Crippen molar-refractivity contribution in [3.8, 4) is 0 Å². The second kappa shape index (κ2) is 6.61. The van der Waals surface area contributed by atoms with E-state index in [9.17, 15) is 4.79 Å². The first kappa shape index (κ1) is 14.6. The van der Waals surface area contributed by atoms with Crippen LogP contribution >= 0.6 is 0 Å². The number of carbonyl (C=O) groups excluding carboxylic acids is 1. The Labute approximate surface area is 127 Å². The molecular weight excluding hydrogens is 260 g/mol. The Hall–Kier alpha value is -1.35. The highest BCUT2D eigenvalue weighted by atomic mass is 16.2. The molecule has 0 aromatic heterocycles. The molecule has 2 aliphatic heterocycles. The Balaban J connectivity index is 1.59. The van der Waals surface area contributed by atoms with Gasteiger partial charge in [-0.05, 0) is 55.8 Å². The summed E-state index contributed by atoms with van der Waals surface area (Å²) in [5.74, 6) is 1.01. The second-order valence-electron chi connectivity index (χ2n) is 6.68. The zero-order valence-electron chi connectivity index (χ0n) is 13.1. The quantitative estimate of drug-likeness (QED) is 0.852. The van der Waals surface area contributed by atoms with E-state index in [0.29, 0.717) is 0 Å². The van der Waals surface area contributed by atoms with Gasteiger partial charge in [-0.1, -0.05) is 19.1 Å². The summed E-state index contributed by atoms with van der Waals surface area (Å²) in [6.45, 7) is 7.61. The Morgan fingerprint density at radius 2 is 1.81 bits per heavy atom. The Kier molecular flexibility index (Phi) is 4.59. The molecule has 0 bridgehead atoms. The first-order chi connectivity index (χ1) is 10.2. The monoisotopic (exact) mass is 286 g/mol. The molecule has 2 heterocycles. The minimum atomic E-state index is 0.200. The van der Waals surface area contributed by atoms with Crippen LogP contribution < -0.4 is 0 Å². The highest BCUT2D eigenvalue weighted by Gasteiger charge is 2.20. The van der Waals surface area contributed by atoms with Crippen LogP contribution in [0.4, 0.5) is 0 Å². The van der Waals surface area contributed by atoms with Gasteiger partial charge in [0.1, 0.15) is 0 Å². The number of carbonyl (C=O) groups is 1. The van der Waals surface area contributed by atoms with Gasteiger partial charge in [-0.2, -0.15) is 0 Å². The molecule has 0 unspecified atom stereocenters. The highest BCUT2D eigenvalue weighted by Crippen LogP contribution is 2.19. The summed E-state index contributed by atoms with van der Waals surface area (Å²) >= 11 is 0. The van der Waals surface area contributed by atoms with Gasteiger partial charge in [0, 0.05) is 31.7 Å². The number of likely N-dealkylation sites (tertiary alicyclic amines) is 2. The Bertz CT molecular complexity index is 476. The summed E-state index contributed by atoms with van der Waals surface area (Å²) in [7, 11) is 0. The summed E-state index contributed by atoms with van der Waals surface area (Å²) < 4.78 is 0. The van der Waals surface area contributed by atoms with Crippen LogP contribution in [0.3, 0.4) is 0 Å². The number of amides is 1. The van der Waals surface area contributed by atoms with Gasteiger partial charge in [-0.25, -0.2) is 0 Å². The lowest BCUT2D eigenvalue weighted by Crippen LogP contribution is -2.33. The Morgan fingerprint density at radius 3 is 2.48 bits per heavy atom. The van der Waals surface area contributed by atoms with Gasteiger partial charge < -0.3 is 4.90 Å². The molecule has 0 saturated carbocycles. The summed E-state index contributed by atoms with van der Waals surface area (Å²) in [5.41, 5.74) is 2.16. The van der Waals surface area contributed by atoms with E-state index in [2.05, 4.69) is 24.0 Å². The van der Waals surface area contributed by atoms with E-state index in [0.717, 1.165) is 44.0 Å². The van der Waals surface area contributed by atoms with E-state index in [1.54, 1.807) is 0 Å². The van der Waals surface area contributed by atoms with Crippen LogP contribution in [0.2, 0.25) is 0 Å². The van der Waals surface area contributed by atoms with E-state index in [-0.39, 0.29) is 5.91 Å². The Morgan fingerprint density at radius 1 is 1.10 bits per heavy atom. The van der Waals surface area contributed by atoms with Crippen LogP contribution in [-0.2, 0) is 6.54 Å². The van der Waals surface area contributed by atoms with Crippen LogP contribution in [0, 0.1) is 5.92 Å². The summed E-state index contributed by atoms with van der Waals surface area (Å²) in [4.78, 5) is 16.8. The lowest BCUT2D eigenvalue weighted by atomic mass is 9.99. The van der Waals surface area contributed by atoms with Crippen molar-refractivity contribution >= 4 is 5.91 Å². The van der Waals surface area contributed by atoms with Gasteiger partial charge in [0.25, 0.3) is 5.91 Å². The fourth-order valence-electron chi connectivity index (χ4n) is 3.54. The van der Waals surface area contributed by atoms with E-state index in [1.165, 1.54) is 31.5 Å². The van der Waals surface area contributed by atoms with Gasteiger partial charge in [0.15, 0.2) is 0 Å². The fourth-order valence-corrected chi connectivity index (χ4v) is 3.54. The van der Waals surface area contributed by atoms with E-state index < -0.39 is 0 Å². The molecule has 0 radical (unpaired) electrons. The third kappa shape index (κ3) is 3.65. The molecule has 2 saturated heterocycles. The van der Waals surface area contributed by atoms with E-state index >= 15 is 0 Å². The van der Waals surface area contributed by atoms with Crippen molar-refractivity contribution < 1.29 is 4.79 Å². The molecule has 1 atom stereocenters. The van der Waals surface area contributed by atoms with Gasteiger partial charge >= 0.3 is 0 Å². The maximum absolute atomic E-state index is 12.3. The zero-order chi connectivity index (χ0) is 14.7. The lowest BCUT2D eigenvalue weighted by molar-refractivity contribution is 0.0793. The molecule has 1 aromatic rings. The first-order valence-electron chi connectivity index (χ1n) is 8.33. The number of hydrogen-bond acceptors (Lipinski definition) is 2. The predicted octanol–water partition coefficient (Wildman–Crippen LogP) is 3.15. The number of benzene rings is 1. The molecule has 2 fully saturated rings. The molecule has 21 heavy (non-hydrogen) atoms. The average molecular weight is 286 g/mol. The number of nitrogens with zero attached hydrogens (tertiary/aromatic N) is 2. The third-order valence-electron chi connectivity index (χ3n) is 4.74. The molecule has 0 aliphatic carbocycles. The SMILES string of the molecule is C[C@@H]1CCCN(Cc2ccc(C(=O)N3CCCC3)cc2)C1. The topological polar surface area (TPSA) is 23.6 Å². The largest absolute Gasteiger partial charge is 0.339 e. The molecule has 114 valence electrons. The smallest absolute Gasteiger partial charge is 0.253 e. The average Bonchev–Trinajstić information content (AvgIpc) is 3.01. The molecule has 1 amide bonds. The van der Waals surface area contributed by atoms with Crippen molar-refractivity contribution in [3.63, 3.8) is 0 Å². The standard InChI is InChI=1S/C18H26N2O/c1-15-5-4-10-19(13-15)14-16-6-8-17(9-7-16)18(21)20-11-2-3-12-20/h6-9,15H,2-5,10-14H2,1H3/t15-/m1/s1. The molecule has 1 aromatic carbocycles. The van der Waals surface area contributed by atoms with E-state index in [1.807, 2.05) is 17.0 Å². The summed E-state index contributed by atoms with van der Waals surface area (Å²) in [6.07, 6.45) is 4.97. The number of hydrogen-bond donors (Lipinski definition) is 0. The van der Waals surface area contributed by atoms with Gasteiger partial charge in [-0.3, -0.25) is 9.69 Å². The minimum absolute atomic E-state index is 0.200. The minimum Gasteiger partial charge on any atom is -0.339 e. The van der Waals surface area contributed by atoms with Crippen molar-refractivity contribution in [2.75, 3.05) is 26.2 Å². The van der Waals surface area contributed by atoms with Crippen molar-refractivity contribution in [3.05, 3.63) is 35.4 Å². The van der Waals surface area contributed by atoms with Crippen LogP contribution in [0.5, 0.6) is 0 Å². The van der Waals surface area contributed by atoms with Crippen LogP contribution in [0.1, 0.15) is 48.5 Å². The lowest BCUT2D eigenvalue weighted by Gasteiger charge is -2.30. The molecule has 0 spiro atoms. The third-order valence-corrected chi connectivity index (χ3v) is 4.74. The summed E-state index contributed by atoms with van der Waals surface area (Å²) in [6, 6.07) is 8.26. The van der Waals surface area contributed by atoms with Crippen LogP contribution in [0.25, 0.3) is 0 Å². The van der Waals surface area contributed by atoms with Crippen LogP contribution in [0.15, 0.2) is 24.3 Å². The van der Waals surface area contributed by atoms with Crippen LogP contribution in [-0.4, -0.2) is 41.9 Å². The summed E-state index contributed by atoms with van der Waals surface area (Å²) in [5, 5.41) is 0. The maximum atomic E-state index is 12.3.